The van der Waals surface area contributed by atoms with Gasteiger partial charge in [0.15, 0.2) is 0 Å². The molecule has 0 bridgehead atoms. The van der Waals surface area contributed by atoms with Gasteiger partial charge in [0.2, 0.25) is 5.91 Å². The third-order valence-electron chi connectivity index (χ3n) is 5.41. The molecule has 2 aromatic rings. The number of hydrogen-bond acceptors (Lipinski definition) is 2. The third-order valence-corrected chi connectivity index (χ3v) is 6.15. The monoisotopic (exact) mass is 402 g/mol. The van der Waals surface area contributed by atoms with Crippen molar-refractivity contribution in [3.63, 3.8) is 0 Å². The van der Waals surface area contributed by atoms with E-state index < -0.39 is 0 Å². The molecule has 0 unspecified atom stereocenters. The maximum Gasteiger partial charge on any atom is 0.253 e. The van der Waals surface area contributed by atoms with E-state index in [-0.39, 0.29) is 17.9 Å². The van der Waals surface area contributed by atoms with E-state index >= 15 is 0 Å². The summed E-state index contributed by atoms with van der Waals surface area (Å²) in [4.78, 5) is 29.1. The van der Waals surface area contributed by atoms with Crippen LogP contribution >= 0.6 is 23.2 Å². The van der Waals surface area contributed by atoms with Crippen molar-refractivity contribution in [3.05, 3.63) is 63.6 Å². The number of amides is 2. The zero-order chi connectivity index (χ0) is 19.0. The Morgan fingerprint density at radius 3 is 2.44 bits per heavy atom. The molecule has 0 atom stereocenters. The number of piperidine rings is 1. The number of halogens is 2. The number of aryl methyl sites for hydroxylation is 1. The number of rotatable bonds is 2. The highest BCUT2D eigenvalue weighted by Gasteiger charge is 2.33. The maximum atomic E-state index is 12.8. The molecule has 1 fully saturated rings. The molecule has 27 heavy (non-hydrogen) atoms. The molecule has 4 nitrogen and oxygen atoms in total. The molecule has 2 aromatic carbocycles. The molecule has 0 aromatic heterocycles. The standard InChI is InChI=1S/C21H20Cl2N2O2/c22-17-7-5-15(13-18(17)23)21(27)24-11-9-16(10-12-24)25-19-4-2-1-3-14(19)6-8-20(25)26/h1-5,7,13,16H,6,8-12H2. The molecule has 0 spiro atoms. The first-order valence-corrected chi connectivity index (χ1v) is 9.94. The Morgan fingerprint density at radius 2 is 1.70 bits per heavy atom. The first-order valence-electron chi connectivity index (χ1n) is 9.19. The highest BCUT2D eigenvalue weighted by Crippen LogP contribution is 2.32. The summed E-state index contributed by atoms with van der Waals surface area (Å²) in [6.07, 6.45) is 2.90. The number of fused-ring (bicyclic) bond motifs is 1. The molecular weight excluding hydrogens is 383 g/mol. The molecule has 140 valence electrons. The minimum atomic E-state index is -0.0441. The number of likely N-dealkylation sites (tertiary alicyclic amines) is 1. The van der Waals surface area contributed by atoms with Crippen molar-refractivity contribution in [1.82, 2.24) is 4.90 Å². The minimum Gasteiger partial charge on any atom is -0.338 e. The molecule has 0 radical (unpaired) electrons. The summed E-state index contributed by atoms with van der Waals surface area (Å²) in [5, 5.41) is 0.821. The van der Waals surface area contributed by atoms with Gasteiger partial charge >= 0.3 is 0 Å². The lowest BCUT2D eigenvalue weighted by atomic mass is 9.95. The SMILES string of the molecule is O=C(c1ccc(Cl)c(Cl)c1)N1CCC(N2C(=O)CCc3ccccc32)CC1. The highest BCUT2D eigenvalue weighted by molar-refractivity contribution is 6.42. The van der Waals surface area contributed by atoms with Crippen LogP contribution in [0.15, 0.2) is 42.5 Å². The van der Waals surface area contributed by atoms with Crippen molar-refractivity contribution in [3.8, 4) is 0 Å². The van der Waals surface area contributed by atoms with Crippen LogP contribution in [0.4, 0.5) is 5.69 Å². The predicted molar refractivity (Wildman–Crippen MR) is 108 cm³/mol. The van der Waals surface area contributed by atoms with E-state index in [0.29, 0.717) is 35.1 Å². The molecule has 0 saturated carbocycles. The Balaban J connectivity index is 1.47. The normalized spacial score (nSPS) is 17.8. The van der Waals surface area contributed by atoms with Gasteiger partial charge in [-0.3, -0.25) is 9.59 Å². The molecule has 6 heteroatoms. The van der Waals surface area contributed by atoms with Crippen molar-refractivity contribution in [2.24, 2.45) is 0 Å². The van der Waals surface area contributed by atoms with Gasteiger partial charge in [-0.05, 0) is 49.1 Å². The number of nitrogens with zero attached hydrogens (tertiary/aromatic N) is 2. The molecule has 1 saturated heterocycles. The quantitative estimate of drug-likeness (QED) is 0.737. The summed E-state index contributed by atoms with van der Waals surface area (Å²) < 4.78 is 0. The fraction of sp³-hybridized carbons (Fsp3) is 0.333. The van der Waals surface area contributed by atoms with Gasteiger partial charge in [0.1, 0.15) is 0 Å². The second-order valence-electron chi connectivity index (χ2n) is 7.04. The summed E-state index contributed by atoms with van der Waals surface area (Å²) in [5.41, 5.74) is 2.80. The molecule has 4 rings (SSSR count). The topological polar surface area (TPSA) is 40.6 Å². The number of anilines is 1. The smallest absolute Gasteiger partial charge is 0.253 e. The fourth-order valence-corrected chi connectivity index (χ4v) is 4.29. The largest absolute Gasteiger partial charge is 0.338 e. The van der Waals surface area contributed by atoms with Crippen molar-refractivity contribution in [1.29, 1.82) is 0 Å². The van der Waals surface area contributed by atoms with E-state index in [1.54, 1.807) is 18.2 Å². The van der Waals surface area contributed by atoms with E-state index in [4.69, 9.17) is 23.2 Å². The third kappa shape index (κ3) is 3.56. The summed E-state index contributed by atoms with van der Waals surface area (Å²) in [6, 6.07) is 13.2. The van der Waals surface area contributed by atoms with E-state index in [9.17, 15) is 9.59 Å². The number of para-hydroxylation sites is 1. The maximum absolute atomic E-state index is 12.8. The predicted octanol–water partition coefficient (Wildman–Crippen LogP) is 4.58. The average molecular weight is 403 g/mol. The van der Waals surface area contributed by atoms with Gasteiger partial charge in [-0.2, -0.15) is 0 Å². The summed E-state index contributed by atoms with van der Waals surface area (Å²) >= 11 is 12.0. The van der Waals surface area contributed by atoms with Gasteiger partial charge in [0, 0.05) is 36.8 Å². The molecule has 2 amide bonds. The van der Waals surface area contributed by atoms with Crippen molar-refractivity contribution in [2.45, 2.75) is 31.7 Å². The first kappa shape index (κ1) is 18.3. The van der Waals surface area contributed by atoms with E-state index in [1.165, 1.54) is 5.56 Å². The van der Waals surface area contributed by atoms with Crippen LogP contribution in [0.5, 0.6) is 0 Å². The minimum absolute atomic E-state index is 0.0441. The van der Waals surface area contributed by atoms with Gasteiger partial charge < -0.3 is 9.80 Å². The van der Waals surface area contributed by atoms with Gasteiger partial charge in [0.05, 0.1) is 10.0 Å². The lowest BCUT2D eigenvalue weighted by molar-refractivity contribution is -0.119. The number of benzene rings is 2. The first-order chi connectivity index (χ1) is 13.0. The average Bonchev–Trinajstić information content (AvgIpc) is 2.70. The van der Waals surface area contributed by atoms with Crippen LogP contribution in [0.25, 0.3) is 0 Å². The van der Waals surface area contributed by atoms with Crippen LogP contribution in [0.1, 0.15) is 35.2 Å². The molecule has 2 aliphatic rings. The Labute approximate surface area is 168 Å². The lowest BCUT2D eigenvalue weighted by Gasteiger charge is -2.41. The van der Waals surface area contributed by atoms with Crippen molar-refractivity contribution < 1.29 is 9.59 Å². The second kappa shape index (κ2) is 7.53. The Bertz CT molecular complexity index is 892. The molecular formula is C21H20Cl2N2O2. The summed E-state index contributed by atoms with van der Waals surface area (Å²) in [7, 11) is 0. The molecule has 0 aliphatic carbocycles. The number of carbonyl (C=O) groups excluding carboxylic acids is 2. The van der Waals surface area contributed by atoms with Gasteiger partial charge in [-0.1, -0.05) is 41.4 Å². The second-order valence-corrected chi connectivity index (χ2v) is 7.86. The van der Waals surface area contributed by atoms with Gasteiger partial charge in [-0.25, -0.2) is 0 Å². The zero-order valence-electron chi connectivity index (χ0n) is 14.8. The Kier molecular flexibility index (Phi) is 5.11. The molecule has 2 heterocycles. The van der Waals surface area contributed by atoms with Crippen LogP contribution in [0.2, 0.25) is 10.0 Å². The number of carbonyl (C=O) groups is 2. The van der Waals surface area contributed by atoms with Crippen LogP contribution in [-0.2, 0) is 11.2 Å². The van der Waals surface area contributed by atoms with Crippen LogP contribution in [-0.4, -0.2) is 35.8 Å². The Hall–Kier alpha value is -2.04. The van der Waals surface area contributed by atoms with E-state index in [1.807, 2.05) is 28.0 Å². The van der Waals surface area contributed by atoms with E-state index in [0.717, 1.165) is 24.9 Å². The van der Waals surface area contributed by atoms with Gasteiger partial charge in [0.25, 0.3) is 5.91 Å². The zero-order valence-corrected chi connectivity index (χ0v) is 16.3. The molecule has 0 N–H and O–H groups in total. The van der Waals surface area contributed by atoms with Crippen molar-refractivity contribution in [2.75, 3.05) is 18.0 Å². The van der Waals surface area contributed by atoms with Gasteiger partial charge in [-0.15, -0.1) is 0 Å². The lowest BCUT2D eigenvalue weighted by Crippen LogP contribution is -2.50. The van der Waals surface area contributed by atoms with E-state index in [2.05, 4.69) is 6.07 Å². The molecule has 2 aliphatic heterocycles. The fourth-order valence-electron chi connectivity index (χ4n) is 3.99. The Morgan fingerprint density at radius 1 is 0.963 bits per heavy atom. The van der Waals surface area contributed by atoms with Crippen LogP contribution in [0, 0.1) is 0 Å². The van der Waals surface area contributed by atoms with Crippen LogP contribution < -0.4 is 4.90 Å². The van der Waals surface area contributed by atoms with Crippen molar-refractivity contribution >= 4 is 40.7 Å². The number of hydrogen-bond donors (Lipinski definition) is 0. The highest BCUT2D eigenvalue weighted by atomic mass is 35.5. The summed E-state index contributed by atoms with van der Waals surface area (Å²) in [6.45, 7) is 1.24. The van der Waals surface area contributed by atoms with Crippen LogP contribution in [0.3, 0.4) is 0 Å². The summed E-state index contributed by atoms with van der Waals surface area (Å²) in [5.74, 6) is 0.139.